The van der Waals surface area contributed by atoms with Crippen LogP contribution < -0.4 is 5.32 Å². The van der Waals surface area contributed by atoms with Gasteiger partial charge in [-0.25, -0.2) is 4.79 Å². The van der Waals surface area contributed by atoms with Gasteiger partial charge >= 0.3 is 12.0 Å². The number of rotatable bonds is 2. The summed E-state index contributed by atoms with van der Waals surface area (Å²) in [6.45, 7) is 2.45. The molecule has 16 heavy (non-hydrogen) atoms. The molecule has 0 bridgehead atoms. The molecular weight excluding hydrogens is 212 g/mol. The molecule has 1 aliphatic rings. The zero-order valence-electron chi connectivity index (χ0n) is 9.65. The quantitative estimate of drug-likeness (QED) is 0.639. The van der Waals surface area contributed by atoms with Crippen molar-refractivity contribution >= 4 is 12.0 Å². The zero-order valence-corrected chi connectivity index (χ0v) is 9.65. The van der Waals surface area contributed by atoms with Gasteiger partial charge in [0.25, 0.3) is 0 Å². The second kappa shape index (κ2) is 5.16. The van der Waals surface area contributed by atoms with Gasteiger partial charge in [0.2, 0.25) is 0 Å². The first kappa shape index (κ1) is 12.8. The molecule has 2 N–H and O–H groups in total. The molecule has 1 rings (SSSR count). The highest BCUT2D eigenvalue weighted by Gasteiger charge is 2.30. The lowest BCUT2D eigenvalue weighted by Gasteiger charge is -2.36. The molecule has 1 atom stereocenters. The summed E-state index contributed by atoms with van der Waals surface area (Å²) in [6, 6.07) is -0.342. The molecule has 0 aromatic carbocycles. The molecule has 1 saturated heterocycles. The lowest BCUT2D eigenvalue weighted by molar-refractivity contribution is -0.139. The second-order valence-corrected chi connectivity index (χ2v) is 4.26. The standard InChI is InChI=1S/C10H18N2O4/c1-10(15)4-3-5-12(7-10)9(14)11-6-8(13)16-2/h15H,3-7H2,1-2H3,(H,11,14). The fourth-order valence-electron chi connectivity index (χ4n) is 1.73. The molecule has 0 spiro atoms. The van der Waals surface area contributed by atoms with Crippen LogP contribution in [-0.2, 0) is 9.53 Å². The van der Waals surface area contributed by atoms with Crippen LogP contribution in [0.2, 0.25) is 0 Å². The maximum absolute atomic E-state index is 11.6. The highest BCUT2D eigenvalue weighted by molar-refractivity contribution is 5.80. The van der Waals surface area contributed by atoms with Crippen molar-refractivity contribution in [2.75, 3.05) is 26.7 Å². The smallest absolute Gasteiger partial charge is 0.325 e. The van der Waals surface area contributed by atoms with Crippen molar-refractivity contribution < 1.29 is 19.4 Å². The van der Waals surface area contributed by atoms with E-state index in [1.54, 1.807) is 6.92 Å². The molecule has 0 saturated carbocycles. The molecule has 1 heterocycles. The van der Waals surface area contributed by atoms with Crippen LogP contribution in [-0.4, -0.2) is 54.4 Å². The van der Waals surface area contributed by atoms with Crippen molar-refractivity contribution in [3.05, 3.63) is 0 Å². The van der Waals surface area contributed by atoms with E-state index in [-0.39, 0.29) is 12.6 Å². The van der Waals surface area contributed by atoms with Crippen LogP contribution in [0.15, 0.2) is 0 Å². The number of carbonyl (C=O) groups excluding carboxylic acids is 2. The Morgan fingerprint density at radius 3 is 2.81 bits per heavy atom. The first-order valence-corrected chi connectivity index (χ1v) is 5.26. The van der Waals surface area contributed by atoms with Gasteiger partial charge in [-0.05, 0) is 19.8 Å². The third-order valence-corrected chi connectivity index (χ3v) is 2.57. The predicted octanol–water partition coefficient (Wildman–Crippen LogP) is -0.284. The summed E-state index contributed by atoms with van der Waals surface area (Å²) in [5.41, 5.74) is -0.832. The molecule has 0 radical (unpaired) electrons. The van der Waals surface area contributed by atoms with Crippen molar-refractivity contribution in [3.8, 4) is 0 Å². The number of hydrogen-bond donors (Lipinski definition) is 2. The average Bonchev–Trinajstić information content (AvgIpc) is 2.23. The molecule has 6 heteroatoms. The zero-order chi connectivity index (χ0) is 12.2. The highest BCUT2D eigenvalue weighted by atomic mass is 16.5. The predicted molar refractivity (Wildman–Crippen MR) is 56.8 cm³/mol. The third-order valence-electron chi connectivity index (χ3n) is 2.57. The Labute approximate surface area is 94.6 Å². The normalized spacial score (nSPS) is 25.1. The minimum absolute atomic E-state index is 0.145. The Kier molecular flexibility index (Phi) is 4.12. The van der Waals surface area contributed by atoms with Gasteiger partial charge in [-0.2, -0.15) is 0 Å². The van der Waals surface area contributed by atoms with Crippen molar-refractivity contribution in [1.29, 1.82) is 0 Å². The fourth-order valence-corrected chi connectivity index (χ4v) is 1.73. The van der Waals surface area contributed by atoms with Gasteiger partial charge in [0.15, 0.2) is 0 Å². The molecule has 2 amide bonds. The SMILES string of the molecule is COC(=O)CNC(=O)N1CCCC(C)(O)C1. The van der Waals surface area contributed by atoms with Gasteiger partial charge in [-0.15, -0.1) is 0 Å². The summed E-state index contributed by atoms with van der Waals surface area (Å²) < 4.78 is 4.41. The Hall–Kier alpha value is -1.30. The van der Waals surface area contributed by atoms with Crippen molar-refractivity contribution in [1.82, 2.24) is 10.2 Å². The van der Waals surface area contributed by atoms with Gasteiger partial charge < -0.3 is 20.1 Å². The van der Waals surface area contributed by atoms with Crippen molar-refractivity contribution in [3.63, 3.8) is 0 Å². The number of urea groups is 1. The van der Waals surface area contributed by atoms with E-state index >= 15 is 0 Å². The lowest BCUT2D eigenvalue weighted by atomic mass is 9.95. The van der Waals surface area contributed by atoms with Gasteiger partial charge in [0.05, 0.1) is 19.3 Å². The fraction of sp³-hybridized carbons (Fsp3) is 0.800. The van der Waals surface area contributed by atoms with Gasteiger partial charge in [-0.3, -0.25) is 4.79 Å². The second-order valence-electron chi connectivity index (χ2n) is 4.26. The van der Waals surface area contributed by atoms with Crippen LogP contribution in [0.3, 0.4) is 0 Å². The lowest BCUT2D eigenvalue weighted by Crippen LogP contribution is -2.52. The largest absolute Gasteiger partial charge is 0.468 e. The minimum Gasteiger partial charge on any atom is -0.468 e. The van der Waals surface area contributed by atoms with Crippen LogP contribution in [0.5, 0.6) is 0 Å². The Morgan fingerprint density at radius 2 is 2.25 bits per heavy atom. The minimum atomic E-state index is -0.832. The Bertz CT molecular complexity index is 278. The molecule has 6 nitrogen and oxygen atoms in total. The van der Waals surface area contributed by atoms with E-state index in [2.05, 4.69) is 10.1 Å². The number of methoxy groups -OCH3 is 1. The summed E-state index contributed by atoms with van der Waals surface area (Å²) in [5.74, 6) is -0.489. The molecule has 1 aliphatic heterocycles. The maximum Gasteiger partial charge on any atom is 0.325 e. The monoisotopic (exact) mass is 230 g/mol. The molecule has 0 aromatic rings. The third kappa shape index (κ3) is 3.69. The number of nitrogens with zero attached hydrogens (tertiary/aromatic N) is 1. The number of amides is 2. The topological polar surface area (TPSA) is 78.9 Å². The summed E-state index contributed by atoms with van der Waals surface area (Å²) in [4.78, 5) is 23.9. The Morgan fingerprint density at radius 1 is 1.56 bits per heavy atom. The number of carbonyl (C=O) groups is 2. The van der Waals surface area contributed by atoms with E-state index in [1.807, 2.05) is 0 Å². The summed E-state index contributed by atoms with van der Waals surface area (Å²) in [7, 11) is 1.26. The highest BCUT2D eigenvalue weighted by Crippen LogP contribution is 2.19. The molecular formula is C10H18N2O4. The number of esters is 1. The molecule has 92 valence electrons. The van der Waals surface area contributed by atoms with Crippen LogP contribution in [0.4, 0.5) is 4.79 Å². The average molecular weight is 230 g/mol. The van der Waals surface area contributed by atoms with Gasteiger partial charge in [0, 0.05) is 6.54 Å². The van der Waals surface area contributed by atoms with E-state index in [9.17, 15) is 14.7 Å². The number of aliphatic hydroxyl groups is 1. The molecule has 1 fully saturated rings. The number of nitrogens with one attached hydrogen (secondary N) is 1. The number of likely N-dealkylation sites (tertiary alicyclic amines) is 1. The summed E-state index contributed by atoms with van der Waals surface area (Å²) >= 11 is 0. The first-order chi connectivity index (χ1) is 7.44. The van der Waals surface area contributed by atoms with Crippen molar-refractivity contribution in [2.24, 2.45) is 0 Å². The number of piperidine rings is 1. The molecule has 0 aromatic heterocycles. The first-order valence-electron chi connectivity index (χ1n) is 5.26. The van der Waals surface area contributed by atoms with Gasteiger partial charge in [0.1, 0.15) is 6.54 Å². The van der Waals surface area contributed by atoms with Gasteiger partial charge in [-0.1, -0.05) is 0 Å². The molecule has 0 aliphatic carbocycles. The van der Waals surface area contributed by atoms with Crippen molar-refractivity contribution in [2.45, 2.75) is 25.4 Å². The summed E-state index contributed by atoms with van der Waals surface area (Å²) in [6.07, 6.45) is 1.45. The number of hydrogen-bond acceptors (Lipinski definition) is 4. The Balaban J connectivity index is 2.39. The maximum atomic E-state index is 11.6. The van der Waals surface area contributed by atoms with E-state index in [0.717, 1.165) is 6.42 Å². The van der Waals surface area contributed by atoms with E-state index in [4.69, 9.17) is 0 Å². The summed E-state index contributed by atoms with van der Waals surface area (Å²) in [5, 5.41) is 12.2. The van der Waals surface area contributed by atoms with E-state index in [1.165, 1.54) is 12.0 Å². The van der Waals surface area contributed by atoms with E-state index < -0.39 is 11.6 Å². The number of ether oxygens (including phenoxy) is 1. The van der Waals surface area contributed by atoms with Crippen LogP contribution >= 0.6 is 0 Å². The van der Waals surface area contributed by atoms with Crippen LogP contribution in [0, 0.1) is 0 Å². The van der Waals surface area contributed by atoms with E-state index in [0.29, 0.717) is 19.5 Å². The van der Waals surface area contributed by atoms with Crippen LogP contribution in [0.1, 0.15) is 19.8 Å². The number of β-amino-alcohol motifs (C(OH)–C–C–N with tert-alkyl or cyclic N) is 1. The molecule has 1 unspecified atom stereocenters. The van der Waals surface area contributed by atoms with Crippen LogP contribution in [0.25, 0.3) is 0 Å².